The van der Waals surface area contributed by atoms with E-state index in [1.54, 1.807) is 11.6 Å². The van der Waals surface area contributed by atoms with Crippen LogP contribution in [0.4, 0.5) is 5.69 Å². The number of carbonyl (C=O) groups is 1. The van der Waals surface area contributed by atoms with Gasteiger partial charge >= 0.3 is 0 Å². The molecule has 1 atom stereocenters. The molecular formula is C15H19BrN4O. The lowest BCUT2D eigenvalue weighted by Crippen LogP contribution is -2.29. The Kier molecular flexibility index (Phi) is 4.67. The Labute approximate surface area is 132 Å². The van der Waals surface area contributed by atoms with Gasteiger partial charge in [-0.25, -0.2) is 0 Å². The number of amides is 1. The van der Waals surface area contributed by atoms with Gasteiger partial charge in [-0.15, -0.1) is 0 Å². The monoisotopic (exact) mass is 350 g/mol. The molecule has 0 aliphatic carbocycles. The maximum atomic E-state index is 12.5. The van der Waals surface area contributed by atoms with E-state index in [2.05, 4.69) is 26.3 Å². The third kappa shape index (κ3) is 3.10. The van der Waals surface area contributed by atoms with Gasteiger partial charge in [0.05, 0.1) is 17.4 Å². The number of hydrogen-bond acceptors (Lipinski definition) is 3. The number of nitrogens with two attached hydrogens (primary N) is 1. The summed E-state index contributed by atoms with van der Waals surface area (Å²) < 4.78 is 2.60. The normalized spacial score (nSPS) is 12.2. The van der Waals surface area contributed by atoms with E-state index in [-0.39, 0.29) is 11.9 Å². The molecule has 2 rings (SSSR count). The molecule has 0 saturated heterocycles. The van der Waals surface area contributed by atoms with Gasteiger partial charge in [0.25, 0.3) is 5.91 Å². The molecule has 3 N–H and O–H groups in total. The number of nitrogens with zero attached hydrogens (tertiary/aromatic N) is 2. The fourth-order valence-corrected chi connectivity index (χ4v) is 2.86. The van der Waals surface area contributed by atoms with Gasteiger partial charge in [-0.2, -0.15) is 5.10 Å². The second-order valence-corrected chi connectivity index (χ2v) is 5.73. The van der Waals surface area contributed by atoms with E-state index in [4.69, 9.17) is 5.73 Å². The summed E-state index contributed by atoms with van der Waals surface area (Å²) in [5, 5.41) is 7.24. The van der Waals surface area contributed by atoms with E-state index in [0.717, 1.165) is 10.0 Å². The van der Waals surface area contributed by atoms with Crippen molar-refractivity contribution in [2.45, 2.75) is 33.4 Å². The van der Waals surface area contributed by atoms with Crippen molar-refractivity contribution in [2.24, 2.45) is 0 Å². The van der Waals surface area contributed by atoms with Crippen LogP contribution in [-0.2, 0) is 6.54 Å². The van der Waals surface area contributed by atoms with Crippen LogP contribution in [-0.4, -0.2) is 15.7 Å². The molecule has 0 saturated carbocycles. The molecule has 1 unspecified atom stereocenters. The van der Waals surface area contributed by atoms with Crippen LogP contribution in [0.3, 0.4) is 0 Å². The Morgan fingerprint density at radius 3 is 2.76 bits per heavy atom. The molecule has 0 bridgehead atoms. The molecule has 5 nitrogen and oxygen atoms in total. The smallest absolute Gasteiger partial charge is 0.272 e. The van der Waals surface area contributed by atoms with Crippen LogP contribution in [0.1, 0.15) is 41.6 Å². The zero-order valence-electron chi connectivity index (χ0n) is 12.4. The molecule has 6 heteroatoms. The molecule has 112 valence electrons. The molecular weight excluding hydrogens is 332 g/mol. The van der Waals surface area contributed by atoms with Crippen molar-refractivity contribution < 1.29 is 4.79 Å². The van der Waals surface area contributed by atoms with Crippen LogP contribution in [0.15, 0.2) is 28.7 Å². The predicted molar refractivity (Wildman–Crippen MR) is 87.1 cm³/mol. The predicted octanol–water partition coefficient (Wildman–Crippen LogP) is 3.05. The summed E-state index contributed by atoms with van der Waals surface area (Å²) in [5.74, 6) is -0.210. The highest BCUT2D eigenvalue weighted by Crippen LogP contribution is 2.24. The van der Waals surface area contributed by atoms with Crippen LogP contribution >= 0.6 is 15.9 Å². The van der Waals surface area contributed by atoms with Crippen molar-refractivity contribution in [1.29, 1.82) is 0 Å². The fraction of sp³-hybridized carbons (Fsp3) is 0.333. The highest BCUT2D eigenvalue weighted by atomic mass is 79.9. The molecule has 0 radical (unpaired) electrons. The zero-order chi connectivity index (χ0) is 15.6. The number of hydrogen-bond donors (Lipinski definition) is 2. The van der Waals surface area contributed by atoms with Gasteiger partial charge in [-0.1, -0.05) is 34.1 Å². The van der Waals surface area contributed by atoms with Crippen molar-refractivity contribution in [3.8, 4) is 0 Å². The van der Waals surface area contributed by atoms with Crippen LogP contribution in [0.25, 0.3) is 0 Å². The molecule has 1 aromatic carbocycles. The van der Waals surface area contributed by atoms with Gasteiger partial charge < -0.3 is 11.1 Å². The van der Waals surface area contributed by atoms with Crippen molar-refractivity contribution in [3.63, 3.8) is 0 Å². The zero-order valence-corrected chi connectivity index (χ0v) is 13.9. The number of benzene rings is 1. The number of nitrogen functional groups attached to an aromatic ring is 1. The number of halogens is 1. The first-order valence-corrected chi connectivity index (χ1v) is 7.63. The number of nitrogens with one attached hydrogen (secondary N) is 1. The second-order valence-electron chi connectivity index (χ2n) is 4.88. The average molecular weight is 351 g/mol. The van der Waals surface area contributed by atoms with E-state index in [0.29, 0.717) is 23.6 Å². The number of aromatic nitrogens is 2. The van der Waals surface area contributed by atoms with Crippen molar-refractivity contribution in [3.05, 3.63) is 45.7 Å². The minimum absolute atomic E-state index is 0.131. The topological polar surface area (TPSA) is 72.9 Å². The fourth-order valence-electron chi connectivity index (χ4n) is 2.23. The summed E-state index contributed by atoms with van der Waals surface area (Å²) in [5.41, 5.74) is 8.53. The van der Waals surface area contributed by atoms with Crippen LogP contribution in [0.2, 0.25) is 0 Å². The number of anilines is 1. The Balaban J connectivity index is 2.24. The Bertz CT molecular complexity index is 666. The SMILES string of the molecule is CCn1nc(C)c(N)c1C(=O)NC(C)c1ccccc1Br. The minimum Gasteiger partial charge on any atom is -0.395 e. The lowest BCUT2D eigenvalue weighted by atomic mass is 10.1. The molecule has 0 spiro atoms. The van der Waals surface area contributed by atoms with Crippen LogP contribution < -0.4 is 11.1 Å². The molecule has 0 aliphatic heterocycles. The van der Waals surface area contributed by atoms with Gasteiger partial charge in [0.15, 0.2) is 0 Å². The first kappa shape index (κ1) is 15.6. The molecule has 0 aliphatic rings. The molecule has 1 aromatic heterocycles. The van der Waals surface area contributed by atoms with Crippen LogP contribution in [0.5, 0.6) is 0 Å². The summed E-state index contributed by atoms with van der Waals surface area (Å²) >= 11 is 3.50. The number of rotatable bonds is 4. The first-order chi connectivity index (χ1) is 9.95. The van der Waals surface area contributed by atoms with Crippen molar-refractivity contribution in [1.82, 2.24) is 15.1 Å². The Hall–Kier alpha value is -1.82. The van der Waals surface area contributed by atoms with Crippen molar-refractivity contribution in [2.75, 3.05) is 5.73 Å². The van der Waals surface area contributed by atoms with E-state index in [1.165, 1.54) is 0 Å². The Morgan fingerprint density at radius 1 is 1.48 bits per heavy atom. The molecule has 1 amide bonds. The lowest BCUT2D eigenvalue weighted by Gasteiger charge is -2.16. The highest BCUT2D eigenvalue weighted by molar-refractivity contribution is 9.10. The second kappa shape index (κ2) is 6.30. The first-order valence-electron chi connectivity index (χ1n) is 6.83. The molecule has 2 aromatic rings. The van der Waals surface area contributed by atoms with Gasteiger partial charge in [0, 0.05) is 11.0 Å². The third-order valence-electron chi connectivity index (χ3n) is 3.41. The van der Waals surface area contributed by atoms with Crippen LogP contribution in [0, 0.1) is 6.92 Å². The standard InChI is InChI=1S/C15H19BrN4O/c1-4-20-14(13(17)10(3)19-20)15(21)18-9(2)11-7-5-6-8-12(11)16/h5-9H,4,17H2,1-3H3,(H,18,21). The van der Waals surface area contributed by atoms with Gasteiger partial charge in [-0.05, 0) is 32.4 Å². The molecule has 21 heavy (non-hydrogen) atoms. The lowest BCUT2D eigenvalue weighted by molar-refractivity contribution is 0.0930. The van der Waals surface area contributed by atoms with Gasteiger partial charge in [0.1, 0.15) is 5.69 Å². The minimum atomic E-state index is -0.210. The van der Waals surface area contributed by atoms with E-state index < -0.39 is 0 Å². The highest BCUT2D eigenvalue weighted by Gasteiger charge is 2.21. The molecule has 0 fully saturated rings. The van der Waals surface area contributed by atoms with Crippen molar-refractivity contribution >= 4 is 27.5 Å². The van der Waals surface area contributed by atoms with E-state index in [9.17, 15) is 4.79 Å². The number of carbonyl (C=O) groups excluding carboxylic acids is 1. The van der Waals surface area contributed by atoms with Gasteiger partial charge in [-0.3, -0.25) is 9.48 Å². The summed E-state index contributed by atoms with van der Waals surface area (Å²) in [6.07, 6.45) is 0. The maximum Gasteiger partial charge on any atom is 0.272 e. The maximum absolute atomic E-state index is 12.5. The summed E-state index contributed by atoms with van der Waals surface area (Å²) in [4.78, 5) is 12.5. The summed E-state index contributed by atoms with van der Waals surface area (Å²) in [7, 11) is 0. The van der Waals surface area contributed by atoms with Gasteiger partial charge in [0.2, 0.25) is 0 Å². The largest absolute Gasteiger partial charge is 0.395 e. The quantitative estimate of drug-likeness (QED) is 0.889. The summed E-state index contributed by atoms with van der Waals surface area (Å²) in [6.45, 7) is 6.27. The number of aryl methyl sites for hydroxylation is 2. The summed E-state index contributed by atoms with van der Waals surface area (Å²) in [6, 6.07) is 7.67. The van der Waals surface area contributed by atoms with E-state index in [1.807, 2.05) is 38.1 Å². The van der Waals surface area contributed by atoms with E-state index >= 15 is 0 Å². The Morgan fingerprint density at radius 2 is 2.14 bits per heavy atom. The average Bonchev–Trinajstić information content (AvgIpc) is 2.74. The third-order valence-corrected chi connectivity index (χ3v) is 4.13. The molecule has 1 heterocycles.